The van der Waals surface area contributed by atoms with Crippen molar-refractivity contribution in [2.45, 2.75) is 70.9 Å². The fourth-order valence-electron chi connectivity index (χ4n) is 3.21. The number of guanidine groups is 1. The number of hydrogen-bond acceptors (Lipinski definition) is 3. The van der Waals surface area contributed by atoms with Crippen LogP contribution in [-0.4, -0.2) is 49.5 Å². The van der Waals surface area contributed by atoms with Gasteiger partial charge in [0.25, 0.3) is 0 Å². The van der Waals surface area contributed by atoms with Gasteiger partial charge in [-0.05, 0) is 44.4 Å². The first kappa shape index (κ1) is 22.0. The Balaban J connectivity index is 0.00000288. The Labute approximate surface area is 164 Å². The number of nitrogens with one attached hydrogen (secondary N) is 2. The van der Waals surface area contributed by atoms with Crippen LogP contribution in [0, 0.1) is 11.8 Å². The standard InChI is InChI=1S/C18H35N3O2.HI/c1-3-14-6-5-7-16(10-14)21-18(19-4-2)20-11-17(22)13-23-12-15-8-9-15;/h14-17,22H,3-13H2,1-2H3,(H2,19,20,21);1H. The number of nitrogens with zero attached hydrogens (tertiary/aromatic N) is 1. The summed E-state index contributed by atoms with van der Waals surface area (Å²) in [6, 6.07) is 0.509. The summed E-state index contributed by atoms with van der Waals surface area (Å²) in [5.74, 6) is 2.41. The van der Waals surface area contributed by atoms with Crippen molar-refractivity contribution in [2.24, 2.45) is 16.8 Å². The van der Waals surface area contributed by atoms with Crippen molar-refractivity contribution in [1.29, 1.82) is 0 Å². The Morgan fingerprint density at radius 3 is 2.67 bits per heavy atom. The van der Waals surface area contributed by atoms with Crippen molar-refractivity contribution in [3.63, 3.8) is 0 Å². The second-order valence-electron chi connectivity index (χ2n) is 7.14. The predicted octanol–water partition coefficient (Wildman–Crippen LogP) is 2.92. The number of rotatable bonds is 9. The molecule has 0 aromatic heterocycles. The number of aliphatic hydroxyl groups excluding tert-OH is 1. The third-order valence-corrected chi connectivity index (χ3v) is 4.87. The molecule has 142 valence electrons. The summed E-state index contributed by atoms with van der Waals surface area (Å²) in [5, 5.41) is 16.8. The highest BCUT2D eigenvalue weighted by molar-refractivity contribution is 14.0. The van der Waals surface area contributed by atoms with E-state index < -0.39 is 6.10 Å². The quantitative estimate of drug-likeness (QED) is 0.285. The smallest absolute Gasteiger partial charge is 0.191 e. The molecule has 0 heterocycles. The Morgan fingerprint density at radius 2 is 2.00 bits per heavy atom. The average Bonchev–Trinajstić information content (AvgIpc) is 3.37. The van der Waals surface area contributed by atoms with E-state index in [-0.39, 0.29) is 24.0 Å². The number of hydrogen-bond donors (Lipinski definition) is 3. The van der Waals surface area contributed by atoms with Crippen LogP contribution in [0.15, 0.2) is 4.99 Å². The Hall–Kier alpha value is -0.0800. The van der Waals surface area contributed by atoms with Crippen LogP contribution < -0.4 is 10.6 Å². The van der Waals surface area contributed by atoms with Crippen LogP contribution in [-0.2, 0) is 4.74 Å². The fraction of sp³-hybridized carbons (Fsp3) is 0.944. The molecule has 0 saturated heterocycles. The van der Waals surface area contributed by atoms with Crippen LogP contribution in [0.4, 0.5) is 0 Å². The molecule has 3 N–H and O–H groups in total. The summed E-state index contributed by atoms with van der Waals surface area (Å²) in [4.78, 5) is 4.54. The molecule has 0 spiro atoms. The van der Waals surface area contributed by atoms with Crippen LogP contribution in [0.3, 0.4) is 0 Å². The predicted molar refractivity (Wildman–Crippen MR) is 110 cm³/mol. The number of aliphatic hydroxyl groups is 1. The van der Waals surface area contributed by atoms with Gasteiger partial charge in [-0.3, -0.25) is 4.99 Å². The molecular formula is C18H36IN3O2. The highest BCUT2D eigenvalue weighted by Gasteiger charge is 2.22. The molecule has 0 aliphatic heterocycles. The molecule has 2 saturated carbocycles. The largest absolute Gasteiger partial charge is 0.389 e. The minimum Gasteiger partial charge on any atom is -0.389 e. The minimum atomic E-state index is -0.515. The molecule has 0 aromatic carbocycles. The fourth-order valence-corrected chi connectivity index (χ4v) is 3.21. The molecule has 2 rings (SSSR count). The molecule has 2 fully saturated rings. The van der Waals surface area contributed by atoms with Crippen LogP contribution >= 0.6 is 24.0 Å². The normalized spacial score (nSPS) is 25.7. The number of halogens is 1. The first-order chi connectivity index (χ1) is 11.2. The Kier molecular flexibility index (Phi) is 11.3. The van der Waals surface area contributed by atoms with Gasteiger partial charge in [0.15, 0.2) is 5.96 Å². The molecule has 0 radical (unpaired) electrons. The van der Waals surface area contributed by atoms with Gasteiger partial charge in [0, 0.05) is 19.2 Å². The van der Waals surface area contributed by atoms with Crippen LogP contribution in [0.25, 0.3) is 0 Å². The van der Waals surface area contributed by atoms with Gasteiger partial charge in [0.05, 0.1) is 19.3 Å². The third-order valence-electron chi connectivity index (χ3n) is 4.87. The zero-order chi connectivity index (χ0) is 16.5. The SMILES string of the molecule is CCNC(=NCC(O)COCC1CC1)NC1CCCC(CC)C1.I. The maximum absolute atomic E-state index is 10.00. The lowest BCUT2D eigenvalue weighted by Gasteiger charge is -2.30. The van der Waals surface area contributed by atoms with Crippen LogP contribution in [0.5, 0.6) is 0 Å². The van der Waals surface area contributed by atoms with E-state index in [1.54, 1.807) is 0 Å². The molecular weight excluding hydrogens is 417 g/mol. The van der Waals surface area contributed by atoms with Crippen molar-refractivity contribution >= 4 is 29.9 Å². The molecule has 3 atom stereocenters. The maximum Gasteiger partial charge on any atom is 0.191 e. The van der Waals surface area contributed by atoms with E-state index in [4.69, 9.17) is 4.74 Å². The molecule has 2 aliphatic rings. The summed E-state index contributed by atoms with van der Waals surface area (Å²) < 4.78 is 5.53. The van der Waals surface area contributed by atoms with Crippen molar-refractivity contribution in [1.82, 2.24) is 10.6 Å². The molecule has 5 nitrogen and oxygen atoms in total. The van der Waals surface area contributed by atoms with Gasteiger partial charge in [0.2, 0.25) is 0 Å². The lowest BCUT2D eigenvalue weighted by atomic mass is 9.84. The first-order valence-corrected chi connectivity index (χ1v) is 9.51. The van der Waals surface area contributed by atoms with Gasteiger partial charge >= 0.3 is 0 Å². The maximum atomic E-state index is 10.00. The van der Waals surface area contributed by atoms with Gasteiger partial charge in [-0.15, -0.1) is 24.0 Å². The van der Waals surface area contributed by atoms with Crippen LogP contribution in [0.2, 0.25) is 0 Å². The van der Waals surface area contributed by atoms with Gasteiger partial charge in [-0.1, -0.05) is 26.2 Å². The lowest BCUT2D eigenvalue weighted by molar-refractivity contribution is 0.0368. The van der Waals surface area contributed by atoms with Crippen molar-refractivity contribution in [2.75, 3.05) is 26.3 Å². The molecule has 0 amide bonds. The summed E-state index contributed by atoms with van der Waals surface area (Å²) >= 11 is 0. The van der Waals surface area contributed by atoms with Gasteiger partial charge in [0.1, 0.15) is 0 Å². The summed E-state index contributed by atoms with van der Waals surface area (Å²) in [6.07, 6.45) is 8.42. The zero-order valence-corrected chi connectivity index (χ0v) is 17.6. The number of aliphatic imine (C=N–C) groups is 1. The van der Waals surface area contributed by atoms with E-state index in [1.807, 2.05) is 0 Å². The van der Waals surface area contributed by atoms with E-state index in [2.05, 4.69) is 29.5 Å². The molecule has 2 aliphatic carbocycles. The van der Waals surface area contributed by atoms with Gasteiger partial charge in [-0.2, -0.15) is 0 Å². The van der Waals surface area contributed by atoms with Gasteiger partial charge < -0.3 is 20.5 Å². The van der Waals surface area contributed by atoms with Crippen molar-refractivity contribution < 1.29 is 9.84 Å². The second kappa shape index (κ2) is 12.3. The van der Waals surface area contributed by atoms with Crippen LogP contribution in [0.1, 0.15) is 58.8 Å². The monoisotopic (exact) mass is 453 g/mol. The average molecular weight is 453 g/mol. The summed E-state index contributed by atoms with van der Waals surface area (Å²) in [6.45, 7) is 6.76. The highest BCUT2D eigenvalue weighted by Crippen LogP contribution is 2.28. The Bertz CT molecular complexity index is 364. The minimum absolute atomic E-state index is 0. The van der Waals surface area contributed by atoms with E-state index in [1.165, 1.54) is 44.9 Å². The van der Waals surface area contributed by atoms with E-state index in [0.717, 1.165) is 30.9 Å². The van der Waals surface area contributed by atoms with E-state index >= 15 is 0 Å². The number of ether oxygens (including phenoxy) is 1. The third kappa shape index (κ3) is 8.85. The molecule has 3 unspecified atom stereocenters. The van der Waals surface area contributed by atoms with Crippen molar-refractivity contribution in [3.05, 3.63) is 0 Å². The van der Waals surface area contributed by atoms with E-state index in [9.17, 15) is 5.11 Å². The second-order valence-corrected chi connectivity index (χ2v) is 7.14. The lowest BCUT2D eigenvalue weighted by Crippen LogP contribution is -2.45. The zero-order valence-electron chi connectivity index (χ0n) is 15.3. The molecule has 6 heteroatoms. The van der Waals surface area contributed by atoms with Crippen molar-refractivity contribution in [3.8, 4) is 0 Å². The Morgan fingerprint density at radius 1 is 1.21 bits per heavy atom. The van der Waals surface area contributed by atoms with Gasteiger partial charge in [-0.25, -0.2) is 0 Å². The summed E-state index contributed by atoms with van der Waals surface area (Å²) in [7, 11) is 0. The molecule has 0 bridgehead atoms. The topological polar surface area (TPSA) is 65.9 Å². The van der Waals surface area contributed by atoms with E-state index in [0.29, 0.717) is 19.2 Å². The highest BCUT2D eigenvalue weighted by atomic mass is 127. The first-order valence-electron chi connectivity index (χ1n) is 9.51. The molecule has 0 aromatic rings. The summed E-state index contributed by atoms with van der Waals surface area (Å²) in [5.41, 5.74) is 0. The molecule has 24 heavy (non-hydrogen) atoms.